The van der Waals surface area contributed by atoms with Crippen molar-refractivity contribution in [3.63, 3.8) is 0 Å². The maximum absolute atomic E-state index is 6.00. The minimum atomic E-state index is 0.564. The molecule has 0 unspecified atom stereocenters. The first-order valence-electron chi connectivity index (χ1n) is 4.04. The van der Waals surface area contributed by atoms with Crippen molar-refractivity contribution in [3.05, 3.63) is 40.3 Å². The number of hydrogen-bond donors (Lipinski definition) is 0. The normalized spacial score (nSPS) is 10.5. The van der Waals surface area contributed by atoms with Gasteiger partial charge in [0.15, 0.2) is 11.7 Å². The lowest BCUT2D eigenvalue weighted by atomic mass is 10.2. The molecule has 14 heavy (non-hydrogen) atoms. The summed E-state index contributed by atoms with van der Waals surface area (Å²) in [5.74, 6) is 1.27. The third-order valence-corrected chi connectivity index (χ3v) is 2.37. The monoisotopic (exact) mass is 227 g/mol. The van der Waals surface area contributed by atoms with Crippen LogP contribution in [0.2, 0.25) is 10.0 Å². The molecule has 0 saturated carbocycles. The summed E-state index contributed by atoms with van der Waals surface area (Å²) in [4.78, 5) is 4.00. The molecule has 2 rings (SSSR count). The average molecular weight is 228 g/mol. The van der Waals surface area contributed by atoms with Crippen LogP contribution in [-0.4, -0.2) is 4.98 Å². The van der Waals surface area contributed by atoms with E-state index in [1.807, 2.05) is 6.07 Å². The van der Waals surface area contributed by atoms with E-state index < -0.39 is 0 Å². The Bertz CT molecular complexity index is 465. The fourth-order valence-electron chi connectivity index (χ4n) is 1.18. The zero-order chi connectivity index (χ0) is 10.1. The van der Waals surface area contributed by atoms with Crippen molar-refractivity contribution >= 4 is 23.2 Å². The number of oxazole rings is 1. The molecule has 0 radical (unpaired) electrons. The number of hydrogen-bond acceptors (Lipinski definition) is 2. The first kappa shape index (κ1) is 9.56. The van der Waals surface area contributed by atoms with E-state index in [1.54, 1.807) is 25.3 Å². The molecule has 0 amide bonds. The van der Waals surface area contributed by atoms with Crippen LogP contribution in [0.25, 0.3) is 11.3 Å². The van der Waals surface area contributed by atoms with E-state index in [1.165, 1.54) is 0 Å². The van der Waals surface area contributed by atoms with Gasteiger partial charge in [0.2, 0.25) is 0 Å². The number of benzene rings is 1. The van der Waals surface area contributed by atoms with Gasteiger partial charge in [-0.2, -0.15) is 0 Å². The molecule has 0 fully saturated rings. The first-order valence-corrected chi connectivity index (χ1v) is 4.80. The van der Waals surface area contributed by atoms with Crippen molar-refractivity contribution in [2.45, 2.75) is 6.92 Å². The number of aromatic nitrogens is 1. The molecule has 2 aromatic rings. The van der Waals surface area contributed by atoms with Gasteiger partial charge < -0.3 is 4.42 Å². The van der Waals surface area contributed by atoms with Gasteiger partial charge in [-0.1, -0.05) is 23.2 Å². The summed E-state index contributed by atoms with van der Waals surface area (Å²) < 4.78 is 5.35. The van der Waals surface area contributed by atoms with Crippen molar-refractivity contribution < 1.29 is 4.42 Å². The van der Waals surface area contributed by atoms with Crippen LogP contribution in [0.1, 0.15) is 5.89 Å². The molecule has 0 aliphatic carbocycles. The molecule has 2 nitrogen and oxygen atoms in total. The number of nitrogens with zero attached hydrogens (tertiary/aromatic N) is 1. The van der Waals surface area contributed by atoms with Gasteiger partial charge in [0, 0.05) is 17.5 Å². The lowest BCUT2D eigenvalue weighted by Gasteiger charge is -1.99. The Kier molecular flexibility index (Phi) is 2.48. The Labute approximate surface area is 91.5 Å². The predicted octanol–water partition coefficient (Wildman–Crippen LogP) is 3.96. The van der Waals surface area contributed by atoms with Crippen LogP contribution in [0.5, 0.6) is 0 Å². The molecule has 0 N–H and O–H groups in total. The molecule has 1 aromatic carbocycles. The fourth-order valence-corrected chi connectivity index (χ4v) is 1.68. The Morgan fingerprint density at radius 2 is 2.07 bits per heavy atom. The van der Waals surface area contributed by atoms with E-state index in [0.717, 1.165) is 5.56 Å². The Morgan fingerprint density at radius 3 is 2.64 bits per heavy atom. The molecule has 4 heteroatoms. The zero-order valence-corrected chi connectivity index (χ0v) is 8.93. The summed E-state index contributed by atoms with van der Waals surface area (Å²) >= 11 is 11.8. The number of rotatable bonds is 1. The van der Waals surface area contributed by atoms with Crippen molar-refractivity contribution in [1.29, 1.82) is 0 Å². The van der Waals surface area contributed by atoms with Crippen molar-refractivity contribution in [2.75, 3.05) is 0 Å². The molecule has 0 aliphatic heterocycles. The molecule has 72 valence electrons. The van der Waals surface area contributed by atoms with Crippen molar-refractivity contribution in [3.8, 4) is 11.3 Å². The molecule has 0 saturated heterocycles. The van der Waals surface area contributed by atoms with Gasteiger partial charge in [-0.15, -0.1) is 0 Å². The highest BCUT2D eigenvalue weighted by Gasteiger charge is 2.08. The van der Waals surface area contributed by atoms with Crippen LogP contribution < -0.4 is 0 Å². The van der Waals surface area contributed by atoms with Gasteiger partial charge in [0.25, 0.3) is 0 Å². The third-order valence-electron chi connectivity index (χ3n) is 1.82. The molecule has 1 aromatic heterocycles. The van der Waals surface area contributed by atoms with Crippen LogP contribution in [0.3, 0.4) is 0 Å². The summed E-state index contributed by atoms with van der Waals surface area (Å²) in [5, 5.41) is 1.17. The van der Waals surface area contributed by atoms with Gasteiger partial charge in [-0.3, -0.25) is 0 Å². The van der Waals surface area contributed by atoms with Gasteiger partial charge >= 0.3 is 0 Å². The van der Waals surface area contributed by atoms with E-state index in [0.29, 0.717) is 21.7 Å². The average Bonchev–Trinajstić information content (AvgIpc) is 2.51. The van der Waals surface area contributed by atoms with Crippen LogP contribution in [0, 0.1) is 6.92 Å². The van der Waals surface area contributed by atoms with Gasteiger partial charge in [0.1, 0.15) is 0 Å². The SMILES string of the molecule is Cc1ncc(-c2ccc(Cl)cc2Cl)o1. The second-order valence-electron chi connectivity index (χ2n) is 2.87. The van der Waals surface area contributed by atoms with E-state index in [9.17, 15) is 0 Å². The van der Waals surface area contributed by atoms with Crippen molar-refractivity contribution in [2.24, 2.45) is 0 Å². The molecule has 0 spiro atoms. The van der Waals surface area contributed by atoms with Crippen molar-refractivity contribution in [1.82, 2.24) is 4.98 Å². The molecule has 0 aliphatic rings. The minimum Gasteiger partial charge on any atom is -0.441 e. The highest BCUT2D eigenvalue weighted by Crippen LogP contribution is 2.30. The fraction of sp³-hybridized carbons (Fsp3) is 0.100. The van der Waals surface area contributed by atoms with E-state index in [-0.39, 0.29) is 0 Å². The maximum atomic E-state index is 6.00. The summed E-state index contributed by atoms with van der Waals surface area (Å²) in [6.07, 6.45) is 1.64. The highest BCUT2D eigenvalue weighted by molar-refractivity contribution is 6.36. The third kappa shape index (κ3) is 1.76. The zero-order valence-electron chi connectivity index (χ0n) is 7.42. The van der Waals surface area contributed by atoms with Gasteiger partial charge in [-0.25, -0.2) is 4.98 Å². The lowest BCUT2D eigenvalue weighted by molar-refractivity contribution is 0.534. The largest absolute Gasteiger partial charge is 0.441 e. The molecule has 0 atom stereocenters. The standard InChI is InChI=1S/C10H7Cl2NO/c1-6-13-5-10(14-6)8-3-2-7(11)4-9(8)12/h2-5H,1H3. The summed E-state index contributed by atoms with van der Waals surface area (Å²) in [6, 6.07) is 5.25. The van der Waals surface area contributed by atoms with E-state index in [4.69, 9.17) is 27.6 Å². The first-order chi connectivity index (χ1) is 6.66. The van der Waals surface area contributed by atoms with Crippen LogP contribution in [0.15, 0.2) is 28.8 Å². The van der Waals surface area contributed by atoms with Crippen LogP contribution in [0.4, 0.5) is 0 Å². The molecule has 1 heterocycles. The topological polar surface area (TPSA) is 26.0 Å². The second kappa shape index (κ2) is 3.64. The second-order valence-corrected chi connectivity index (χ2v) is 3.71. The smallest absolute Gasteiger partial charge is 0.191 e. The number of aryl methyl sites for hydroxylation is 1. The summed E-state index contributed by atoms with van der Waals surface area (Å²) in [5.41, 5.74) is 0.802. The summed E-state index contributed by atoms with van der Waals surface area (Å²) in [7, 11) is 0. The maximum Gasteiger partial charge on any atom is 0.191 e. The Balaban J connectivity index is 2.52. The van der Waals surface area contributed by atoms with Gasteiger partial charge in [-0.05, 0) is 18.2 Å². The molecule has 0 bridgehead atoms. The lowest BCUT2D eigenvalue weighted by Crippen LogP contribution is -1.76. The summed E-state index contributed by atoms with van der Waals surface area (Å²) in [6.45, 7) is 1.79. The Morgan fingerprint density at radius 1 is 1.29 bits per heavy atom. The van der Waals surface area contributed by atoms with E-state index in [2.05, 4.69) is 4.98 Å². The quantitative estimate of drug-likeness (QED) is 0.738. The van der Waals surface area contributed by atoms with Crippen LogP contribution in [-0.2, 0) is 0 Å². The molecular weight excluding hydrogens is 221 g/mol. The van der Waals surface area contributed by atoms with Gasteiger partial charge in [0.05, 0.1) is 11.2 Å². The van der Waals surface area contributed by atoms with E-state index >= 15 is 0 Å². The minimum absolute atomic E-state index is 0.564. The number of halogens is 2. The predicted molar refractivity (Wildman–Crippen MR) is 56.7 cm³/mol. The Hall–Kier alpha value is -0.990. The molecular formula is C10H7Cl2NO. The highest BCUT2D eigenvalue weighted by atomic mass is 35.5. The van der Waals surface area contributed by atoms with Crippen LogP contribution >= 0.6 is 23.2 Å².